The number of Topliss-reactive ketones (excluding diaryl/α,β-unsaturated/α-hetero) is 1. The first-order chi connectivity index (χ1) is 14.3. The average Bonchev–Trinajstić information content (AvgIpc) is 3.02. The number of carbonyl (C=O) groups is 2. The highest BCUT2D eigenvalue weighted by Crippen LogP contribution is 2.39. The Labute approximate surface area is 169 Å². The zero-order chi connectivity index (χ0) is 21.6. The van der Waals surface area contributed by atoms with Gasteiger partial charge in [-0.1, -0.05) is 0 Å². The number of ketones is 1. The van der Waals surface area contributed by atoms with Crippen LogP contribution in [0.25, 0.3) is 5.69 Å². The molecule has 0 fully saturated rings. The largest absolute Gasteiger partial charge is 0.494 e. The summed E-state index contributed by atoms with van der Waals surface area (Å²) in [5, 5.41) is 6.86. The van der Waals surface area contributed by atoms with Gasteiger partial charge in [0.15, 0.2) is 23.2 Å². The van der Waals surface area contributed by atoms with Gasteiger partial charge in [0.2, 0.25) is 5.91 Å². The minimum Gasteiger partial charge on any atom is -0.494 e. The molecule has 4 rings (SSSR count). The van der Waals surface area contributed by atoms with Crippen LogP contribution in [-0.4, -0.2) is 28.6 Å². The number of rotatable bonds is 4. The van der Waals surface area contributed by atoms with Crippen molar-refractivity contribution in [1.82, 2.24) is 9.78 Å². The van der Waals surface area contributed by atoms with Gasteiger partial charge in [-0.3, -0.25) is 9.59 Å². The minimum absolute atomic E-state index is 0.00980. The summed E-state index contributed by atoms with van der Waals surface area (Å²) < 4.78 is 47.7. The Balaban J connectivity index is 1.81. The van der Waals surface area contributed by atoms with Crippen LogP contribution in [-0.2, 0) is 4.79 Å². The topological polar surface area (TPSA) is 73.2 Å². The van der Waals surface area contributed by atoms with Gasteiger partial charge in [-0.15, -0.1) is 0 Å². The fourth-order valence-electron chi connectivity index (χ4n) is 3.62. The van der Waals surface area contributed by atoms with Crippen molar-refractivity contribution in [2.24, 2.45) is 0 Å². The first kappa shape index (κ1) is 19.7. The van der Waals surface area contributed by atoms with Gasteiger partial charge in [0.1, 0.15) is 17.3 Å². The fraction of sp³-hybridized carbons (Fsp3) is 0.190. The lowest BCUT2D eigenvalue weighted by molar-refractivity contribution is -0.116. The lowest BCUT2D eigenvalue weighted by Gasteiger charge is -2.23. The Morgan fingerprint density at radius 1 is 1.17 bits per heavy atom. The van der Waals surface area contributed by atoms with Crippen molar-refractivity contribution in [3.63, 3.8) is 0 Å². The molecule has 2 aromatic carbocycles. The summed E-state index contributed by atoms with van der Waals surface area (Å²) in [5.41, 5.74) is 0.782. The summed E-state index contributed by atoms with van der Waals surface area (Å²) in [7, 11) is 1.31. The molecule has 0 bridgehead atoms. The maximum atomic E-state index is 14.3. The van der Waals surface area contributed by atoms with E-state index in [1.165, 1.54) is 25.3 Å². The molecule has 6 nitrogen and oxygen atoms in total. The SMILES string of the molecule is COc1ccc(C(=O)[C@H]2CC(=O)Nc3c2c(C)nn3-c2ccc(F)cc2F)cc1F. The minimum atomic E-state index is -0.932. The van der Waals surface area contributed by atoms with Gasteiger partial charge < -0.3 is 10.1 Å². The van der Waals surface area contributed by atoms with Crippen LogP contribution in [0.3, 0.4) is 0 Å². The lowest BCUT2D eigenvalue weighted by atomic mass is 9.85. The third-order valence-electron chi connectivity index (χ3n) is 4.99. The molecule has 154 valence electrons. The monoisotopic (exact) mass is 415 g/mol. The molecule has 0 saturated heterocycles. The number of halogens is 3. The van der Waals surface area contributed by atoms with Gasteiger partial charge in [0.05, 0.1) is 18.7 Å². The zero-order valence-corrected chi connectivity index (χ0v) is 16.0. The van der Waals surface area contributed by atoms with Gasteiger partial charge in [0.25, 0.3) is 0 Å². The first-order valence-electron chi connectivity index (χ1n) is 9.02. The Hall–Kier alpha value is -3.62. The van der Waals surface area contributed by atoms with E-state index in [1.54, 1.807) is 6.92 Å². The molecule has 1 aliphatic rings. The number of fused-ring (bicyclic) bond motifs is 1. The molecule has 0 aliphatic carbocycles. The summed E-state index contributed by atoms with van der Waals surface area (Å²) in [6.45, 7) is 1.61. The van der Waals surface area contributed by atoms with Gasteiger partial charge >= 0.3 is 0 Å². The van der Waals surface area contributed by atoms with E-state index in [9.17, 15) is 22.8 Å². The molecule has 30 heavy (non-hydrogen) atoms. The number of anilines is 1. The Morgan fingerprint density at radius 2 is 1.93 bits per heavy atom. The van der Waals surface area contributed by atoms with E-state index < -0.39 is 35.1 Å². The highest BCUT2D eigenvalue weighted by atomic mass is 19.1. The summed E-state index contributed by atoms with van der Waals surface area (Å²) in [4.78, 5) is 25.4. The van der Waals surface area contributed by atoms with Crippen molar-refractivity contribution < 1.29 is 27.5 Å². The standard InChI is InChI=1S/C21H16F3N3O3/c1-10-19-13(20(29)11-3-6-17(30-2)15(24)7-11)9-18(28)25-21(19)27(26-10)16-5-4-12(22)8-14(16)23/h3-8,13H,9H2,1-2H3,(H,25,28)/t13-/m0/s1. The smallest absolute Gasteiger partial charge is 0.226 e. The molecule has 0 saturated carbocycles. The number of carbonyl (C=O) groups excluding carboxylic acids is 2. The average molecular weight is 415 g/mol. The van der Waals surface area contributed by atoms with E-state index >= 15 is 0 Å². The first-order valence-corrected chi connectivity index (χ1v) is 9.02. The van der Waals surface area contributed by atoms with E-state index in [0.29, 0.717) is 17.3 Å². The molecule has 0 radical (unpaired) electrons. The Morgan fingerprint density at radius 3 is 2.60 bits per heavy atom. The number of hydrogen-bond acceptors (Lipinski definition) is 4. The van der Waals surface area contributed by atoms with Crippen LogP contribution in [0.5, 0.6) is 5.75 Å². The van der Waals surface area contributed by atoms with E-state index in [2.05, 4.69) is 10.4 Å². The number of ether oxygens (including phenoxy) is 1. The van der Waals surface area contributed by atoms with Crippen molar-refractivity contribution in [2.75, 3.05) is 12.4 Å². The lowest BCUT2D eigenvalue weighted by Crippen LogP contribution is -2.28. The highest BCUT2D eigenvalue weighted by molar-refractivity contribution is 6.08. The third kappa shape index (κ3) is 3.22. The molecule has 1 N–H and O–H groups in total. The molecule has 1 atom stereocenters. The van der Waals surface area contributed by atoms with E-state index in [1.807, 2.05) is 0 Å². The van der Waals surface area contributed by atoms with Crippen LogP contribution in [0.15, 0.2) is 36.4 Å². The van der Waals surface area contributed by atoms with Gasteiger partial charge in [-0.25, -0.2) is 17.9 Å². The number of methoxy groups -OCH3 is 1. The summed E-state index contributed by atoms with van der Waals surface area (Å²) in [6.07, 6.45) is -0.169. The number of benzene rings is 2. The normalized spacial score (nSPS) is 15.5. The summed E-state index contributed by atoms with van der Waals surface area (Å²) in [6, 6.07) is 6.74. The van der Waals surface area contributed by atoms with Crippen LogP contribution in [0, 0.1) is 24.4 Å². The number of hydrogen-bond donors (Lipinski definition) is 1. The molecule has 1 aromatic heterocycles. The molecular weight excluding hydrogens is 399 g/mol. The molecule has 9 heteroatoms. The van der Waals surface area contributed by atoms with Gasteiger partial charge in [-0.2, -0.15) is 5.10 Å². The Kier molecular flexibility index (Phi) is 4.81. The number of amides is 1. The summed E-state index contributed by atoms with van der Waals surface area (Å²) in [5.74, 6) is -4.10. The zero-order valence-electron chi connectivity index (χ0n) is 16.0. The molecule has 1 aliphatic heterocycles. The maximum absolute atomic E-state index is 14.3. The van der Waals surface area contributed by atoms with Crippen LogP contribution in [0.2, 0.25) is 0 Å². The highest BCUT2D eigenvalue weighted by Gasteiger charge is 2.37. The van der Waals surface area contributed by atoms with E-state index in [0.717, 1.165) is 16.8 Å². The summed E-state index contributed by atoms with van der Waals surface area (Å²) >= 11 is 0. The van der Waals surface area contributed by atoms with Crippen molar-refractivity contribution in [1.29, 1.82) is 0 Å². The van der Waals surface area contributed by atoms with E-state index in [4.69, 9.17) is 4.74 Å². The second kappa shape index (κ2) is 7.33. The van der Waals surface area contributed by atoms with Crippen LogP contribution in [0.1, 0.15) is 34.0 Å². The molecule has 0 unspecified atom stereocenters. The number of nitrogens with one attached hydrogen (secondary N) is 1. The Bertz CT molecular complexity index is 1190. The number of aromatic nitrogens is 2. The van der Waals surface area contributed by atoms with Crippen LogP contribution in [0.4, 0.5) is 19.0 Å². The van der Waals surface area contributed by atoms with Crippen LogP contribution < -0.4 is 10.1 Å². The predicted octanol–water partition coefficient (Wildman–Crippen LogP) is 3.92. The number of aryl methyl sites for hydroxylation is 1. The maximum Gasteiger partial charge on any atom is 0.226 e. The van der Waals surface area contributed by atoms with Gasteiger partial charge in [-0.05, 0) is 37.3 Å². The van der Waals surface area contributed by atoms with Crippen molar-refractivity contribution in [3.05, 3.63) is 70.7 Å². The second-order valence-electron chi connectivity index (χ2n) is 6.87. The van der Waals surface area contributed by atoms with Crippen molar-refractivity contribution >= 4 is 17.5 Å². The molecule has 2 heterocycles. The number of nitrogens with zero attached hydrogens (tertiary/aromatic N) is 2. The second-order valence-corrected chi connectivity index (χ2v) is 6.87. The van der Waals surface area contributed by atoms with Crippen molar-refractivity contribution in [3.8, 4) is 11.4 Å². The van der Waals surface area contributed by atoms with E-state index in [-0.39, 0.29) is 29.2 Å². The predicted molar refractivity (Wildman–Crippen MR) is 101 cm³/mol. The quantitative estimate of drug-likeness (QED) is 0.656. The van der Waals surface area contributed by atoms with Crippen LogP contribution >= 0.6 is 0 Å². The molecule has 0 spiro atoms. The van der Waals surface area contributed by atoms with Gasteiger partial charge in [0, 0.05) is 23.6 Å². The van der Waals surface area contributed by atoms with Crippen molar-refractivity contribution in [2.45, 2.75) is 19.3 Å². The molecular formula is C21H16F3N3O3. The molecule has 3 aromatic rings. The third-order valence-corrected chi connectivity index (χ3v) is 4.99. The molecule has 1 amide bonds. The fourth-order valence-corrected chi connectivity index (χ4v) is 3.62.